The van der Waals surface area contributed by atoms with Gasteiger partial charge in [-0.15, -0.1) is 0 Å². The zero-order valence-electron chi connectivity index (χ0n) is 9.55. The molecular formula is C12H13Cl2FN2O. The second kappa shape index (κ2) is 5.43. The summed E-state index contributed by atoms with van der Waals surface area (Å²) in [5, 5.41) is 2.37. The largest absolute Gasteiger partial charge is 0.327 e. The lowest BCUT2D eigenvalue weighted by Crippen LogP contribution is -2.28. The van der Waals surface area contributed by atoms with Crippen LogP contribution < -0.4 is 11.1 Å². The summed E-state index contributed by atoms with van der Waals surface area (Å²) >= 11 is 11.3. The van der Waals surface area contributed by atoms with Crippen LogP contribution in [0.5, 0.6) is 0 Å². The molecule has 0 radical (unpaired) electrons. The Hall–Kier alpha value is -0.840. The van der Waals surface area contributed by atoms with Gasteiger partial charge in [0, 0.05) is 18.2 Å². The number of amides is 1. The van der Waals surface area contributed by atoms with Crippen molar-refractivity contribution in [2.45, 2.75) is 25.3 Å². The molecule has 1 aromatic carbocycles. The molecule has 18 heavy (non-hydrogen) atoms. The van der Waals surface area contributed by atoms with Gasteiger partial charge < -0.3 is 11.1 Å². The molecule has 2 rings (SSSR count). The molecule has 0 saturated heterocycles. The second-order valence-corrected chi connectivity index (χ2v) is 5.32. The quantitative estimate of drug-likeness (QED) is 0.837. The normalized spacial score (nSPS) is 16.4. The van der Waals surface area contributed by atoms with E-state index in [-0.39, 0.29) is 28.4 Å². The van der Waals surface area contributed by atoms with E-state index in [0.29, 0.717) is 11.6 Å². The summed E-state index contributed by atoms with van der Waals surface area (Å²) in [4.78, 5) is 11.7. The Balaban J connectivity index is 1.98. The van der Waals surface area contributed by atoms with Gasteiger partial charge in [-0.05, 0) is 30.9 Å². The van der Waals surface area contributed by atoms with Crippen LogP contribution in [-0.4, -0.2) is 11.9 Å². The summed E-state index contributed by atoms with van der Waals surface area (Å²) in [7, 11) is 0. The topological polar surface area (TPSA) is 55.1 Å². The van der Waals surface area contributed by atoms with Crippen LogP contribution in [0.1, 0.15) is 19.3 Å². The number of hydrogen-bond acceptors (Lipinski definition) is 2. The van der Waals surface area contributed by atoms with Gasteiger partial charge in [-0.2, -0.15) is 0 Å². The number of rotatable bonds is 4. The third-order valence-electron chi connectivity index (χ3n) is 2.92. The highest BCUT2D eigenvalue weighted by molar-refractivity contribution is 6.35. The molecule has 1 unspecified atom stereocenters. The summed E-state index contributed by atoms with van der Waals surface area (Å²) in [6.07, 6.45) is 2.42. The fraction of sp³-hybridized carbons (Fsp3) is 0.417. The third-order valence-corrected chi connectivity index (χ3v) is 3.47. The molecule has 98 valence electrons. The van der Waals surface area contributed by atoms with Gasteiger partial charge >= 0.3 is 0 Å². The molecule has 0 bridgehead atoms. The van der Waals surface area contributed by atoms with E-state index in [2.05, 4.69) is 5.32 Å². The molecule has 1 aliphatic rings. The predicted octanol–water partition coefficient (Wildman–Crippen LogP) is 3.20. The van der Waals surface area contributed by atoms with Crippen molar-refractivity contribution in [3.05, 3.63) is 28.0 Å². The van der Waals surface area contributed by atoms with Crippen LogP contribution in [0.4, 0.5) is 10.1 Å². The highest BCUT2D eigenvalue weighted by atomic mass is 35.5. The molecule has 0 heterocycles. The Kier molecular flexibility index (Phi) is 4.10. The molecule has 0 spiro atoms. The molecule has 3 N–H and O–H groups in total. The third kappa shape index (κ3) is 3.34. The van der Waals surface area contributed by atoms with Gasteiger partial charge in [0.1, 0.15) is 0 Å². The minimum absolute atomic E-state index is 0.114. The summed E-state index contributed by atoms with van der Waals surface area (Å²) in [5.74, 6) is -0.449. The zero-order valence-corrected chi connectivity index (χ0v) is 11.1. The average molecular weight is 291 g/mol. The number of benzene rings is 1. The van der Waals surface area contributed by atoms with Gasteiger partial charge in [0.2, 0.25) is 5.91 Å². The van der Waals surface area contributed by atoms with Crippen LogP contribution in [0.15, 0.2) is 12.1 Å². The number of nitrogens with one attached hydrogen (secondary N) is 1. The van der Waals surface area contributed by atoms with Gasteiger partial charge in [0.25, 0.3) is 0 Å². The number of carbonyl (C=O) groups excluding carboxylic acids is 1. The molecule has 0 aliphatic heterocycles. The van der Waals surface area contributed by atoms with Crippen molar-refractivity contribution >= 4 is 34.8 Å². The average Bonchev–Trinajstić information content (AvgIpc) is 3.09. The van der Waals surface area contributed by atoms with E-state index < -0.39 is 5.82 Å². The lowest BCUT2D eigenvalue weighted by Gasteiger charge is -2.11. The molecule has 3 nitrogen and oxygen atoms in total. The SMILES string of the molecule is NC(CC(=O)Nc1cc(Cl)c(F)c(Cl)c1)C1CC1. The molecule has 1 aromatic rings. The first-order valence-corrected chi connectivity index (χ1v) is 6.43. The Morgan fingerprint density at radius 3 is 2.50 bits per heavy atom. The Morgan fingerprint density at radius 1 is 1.44 bits per heavy atom. The monoisotopic (exact) mass is 290 g/mol. The fourth-order valence-electron chi connectivity index (χ4n) is 1.74. The number of nitrogens with two attached hydrogens (primary N) is 1. The van der Waals surface area contributed by atoms with Crippen LogP contribution in [-0.2, 0) is 4.79 Å². The van der Waals surface area contributed by atoms with Gasteiger partial charge in [0.15, 0.2) is 5.82 Å². The van der Waals surface area contributed by atoms with Gasteiger partial charge in [-0.3, -0.25) is 4.79 Å². The van der Waals surface area contributed by atoms with Crippen molar-refractivity contribution in [3.63, 3.8) is 0 Å². The maximum absolute atomic E-state index is 13.2. The van der Waals surface area contributed by atoms with Gasteiger partial charge in [-0.25, -0.2) is 4.39 Å². The van der Waals surface area contributed by atoms with Crippen LogP contribution >= 0.6 is 23.2 Å². The standard InChI is InChI=1S/C12H13Cl2FN2O/c13-8-3-7(4-9(14)12(8)15)17-11(18)5-10(16)6-1-2-6/h3-4,6,10H,1-2,5,16H2,(H,17,18). The highest BCUT2D eigenvalue weighted by Crippen LogP contribution is 2.33. The first-order chi connectivity index (χ1) is 8.47. The molecule has 1 aliphatic carbocycles. The Bertz CT molecular complexity index is 454. The van der Waals surface area contributed by atoms with Crippen molar-refractivity contribution < 1.29 is 9.18 Å². The Labute approximate surface area is 114 Å². The van der Waals surface area contributed by atoms with Crippen LogP contribution in [0.25, 0.3) is 0 Å². The molecule has 1 fully saturated rings. The number of hydrogen-bond donors (Lipinski definition) is 2. The number of carbonyl (C=O) groups is 1. The molecule has 1 amide bonds. The predicted molar refractivity (Wildman–Crippen MR) is 70.4 cm³/mol. The van der Waals surface area contributed by atoms with Crippen molar-refractivity contribution in [1.29, 1.82) is 0 Å². The zero-order chi connectivity index (χ0) is 13.3. The lowest BCUT2D eigenvalue weighted by atomic mass is 10.1. The molecular weight excluding hydrogens is 278 g/mol. The summed E-state index contributed by atoms with van der Waals surface area (Å²) in [6.45, 7) is 0. The van der Waals surface area contributed by atoms with E-state index >= 15 is 0 Å². The summed E-state index contributed by atoms with van der Waals surface area (Å²) in [6, 6.07) is 2.53. The second-order valence-electron chi connectivity index (χ2n) is 4.51. The van der Waals surface area contributed by atoms with Crippen molar-refractivity contribution in [2.24, 2.45) is 11.7 Å². The van der Waals surface area contributed by atoms with E-state index in [1.165, 1.54) is 12.1 Å². The van der Waals surface area contributed by atoms with E-state index in [4.69, 9.17) is 28.9 Å². The highest BCUT2D eigenvalue weighted by Gasteiger charge is 2.29. The minimum Gasteiger partial charge on any atom is -0.327 e. The number of anilines is 1. The van der Waals surface area contributed by atoms with E-state index in [9.17, 15) is 9.18 Å². The summed E-state index contributed by atoms with van der Waals surface area (Å²) in [5.41, 5.74) is 6.22. The van der Waals surface area contributed by atoms with Crippen LogP contribution in [0.3, 0.4) is 0 Å². The van der Waals surface area contributed by atoms with E-state index in [0.717, 1.165) is 12.8 Å². The summed E-state index contributed by atoms with van der Waals surface area (Å²) < 4.78 is 13.2. The van der Waals surface area contributed by atoms with E-state index in [1.54, 1.807) is 0 Å². The van der Waals surface area contributed by atoms with Crippen molar-refractivity contribution in [3.8, 4) is 0 Å². The van der Waals surface area contributed by atoms with Crippen LogP contribution in [0.2, 0.25) is 10.0 Å². The molecule has 0 aromatic heterocycles. The first kappa shape index (κ1) is 13.6. The lowest BCUT2D eigenvalue weighted by molar-refractivity contribution is -0.116. The van der Waals surface area contributed by atoms with Crippen molar-refractivity contribution in [2.75, 3.05) is 5.32 Å². The van der Waals surface area contributed by atoms with Gasteiger partial charge in [-0.1, -0.05) is 23.2 Å². The van der Waals surface area contributed by atoms with Gasteiger partial charge in [0.05, 0.1) is 10.0 Å². The van der Waals surface area contributed by atoms with E-state index in [1.807, 2.05) is 0 Å². The minimum atomic E-state index is -0.689. The van der Waals surface area contributed by atoms with Crippen molar-refractivity contribution in [1.82, 2.24) is 0 Å². The fourth-order valence-corrected chi connectivity index (χ4v) is 2.23. The first-order valence-electron chi connectivity index (χ1n) is 5.67. The molecule has 1 atom stereocenters. The van der Waals surface area contributed by atoms with Crippen LogP contribution in [0, 0.1) is 11.7 Å². The smallest absolute Gasteiger partial charge is 0.225 e. The Morgan fingerprint density at radius 2 is 2.00 bits per heavy atom. The molecule has 6 heteroatoms. The maximum Gasteiger partial charge on any atom is 0.225 e. The maximum atomic E-state index is 13.2. The number of halogens is 3. The molecule has 1 saturated carbocycles.